The molecule has 0 aliphatic carbocycles. The third kappa shape index (κ3) is 2.85. The molecule has 0 aromatic heterocycles. The molecule has 6 heteroatoms. The number of carbonyl (C=O) groups excluding carboxylic acids is 1. The van der Waals surface area contributed by atoms with Gasteiger partial charge in [-0.05, 0) is 40.2 Å². The molecule has 1 amide bonds. The molecule has 0 bridgehead atoms. The molecule has 0 spiro atoms. The Morgan fingerprint density at radius 2 is 2.14 bits per heavy atom. The van der Waals surface area contributed by atoms with Crippen LogP contribution in [0.5, 0.6) is 11.5 Å². The highest BCUT2D eigenvalue weighted by molar-refractivity contribution is 9.10. The molecule has 21 heavy (non-hydrogen) atoms. The van der Waals surface area contributed by atoms with Crippen LogP contribution in [0.2, 0.25) is 0 Å². The van der Waals surface area contributed by atoms with E-state index in [4.69, 9.17) is 9.47 Å². The van der Waals surface area contributed by atoms with Crippen molar-refractivity contribution in [2.45, 2.75) is 6.54 Å². The van der Waals surface area contributed by atoms with E-state index in [1.54, 1.807) is 0 Å². The van der Waals surface area contributed by atoms with Crippen LogP contribution in [0, 0.1) is 5.82 Å². The fourth-order valence-corrected chi connectivity index (χ4v) is 2.61. The predicted octanol–water partition coefficient (Wildman–Crippen LogP) is 3.25. The number of rotatable bonds is 3. The second kappa shape index (κ2) is 5.73. The highest BCUT2D eigenvalue weighted by Crippen LogP contribution is 2.35. The van der Waals surface area contributed by atoms with Crippen LogP contribution in [-0.2, 0) is 6.54 Å². The van der Waals surface area contributed by atoms with Gasteiger partial charge in [-0.2, -0.15) is 0 Å². The fraction of sp³-hybridized carbons (Fsp3) is 0.133. The van der Waals surface area contributed by atoms with E-state index in [2.05, 4.69) is 21.2 Å². The standard InChI is InChI=1S/C15H11BrFNO3/c16-12-6-10(17)4-5-11(12)15(19)18-7-9-2-1-3-13-14(9)21-8-20-13/h1-6H,7-8H2,(H,18,19). The molecule has 4 nitrogen and oxygen atoms in total. The number of ether oxygens (including phenoxy) is 2. The van der Waals surface area contributed by atoms with Crippen molar-refractivity contribution in [2.24, 2.45) is 0 Å². The summed E-state index contributed by atoms with van der Waals surface area (Å²) in [6.45, 7) is 0.485. The number of amides is 1. The maximum Gasteiger partial charge on any atom is 0.252 e. The molecule has 0 unspecified atom stereocenters. The first-order chi connectivity index (χ1) is 10.1. The first kappa shape index (κ1) is 13.9. The minimum atomic E-state index is -0.398. The number of hydrogen-bond donors (Lipinski definition) is 1. The molecule has 2 aromatic rings. The summed E-state index contributed by atoms with van der Waals surface area (Å²) < 4.78 is 24.1. The third-order valence-corrected chi connectivity index (χ3v) is 3.75. The molecule has 3 rings (SSSR count). The van der Waals surface area contributed by atoms with Gasteiger partial charge in [0, 0.05) is 16.6 Å². The van der Waals surface area contributed by atoms with Crippen LogP contribution in [0.15, 0.2) is 40.9 Å². The number of nitrogens with one attached hydrogen (secondary N) is 1. The Morgan fingerprint density at radius 1 is 1.29 bits per heavy atom. The Kier molecular flexibility index (Phi) is 3.79. The van der Waals surface area contributed by atoms with Crippen molar-refractivity contribution >= 4 is 21.8 Å². The number of para-hydroxylation sites is 1. The van der Waals surface area contributed by atoms with Gasteiger partial charge in [0.1, 0.15) is 5.82 Å². The van der Waals surface area contributed by atoms with Gasteiger partial charge in [-0.25, -0.2) is 4.39 Å². The second-order valence-electron chi connectivity index (χ2n) is 4.46. The highest BCUT2D eigenvalue weighted by Gasteiger charge is 2.18. The summed E-state index contributed by atoms with van der Waals surface area (Å²) in [6.07, 6.45) is 0. The molecule has 1 aliphatic heterocycles. The van der Waals surface area contributed by atoms with Gasteiger partial charge in [0.15, 0.2) is 11.5 Å². The van der Waals surface area contributed by atoms with Crippen molar-refractivity contribution < 1.29 is 18.7 Å². The maximum atomic E-state index is 13.0. The Bertz CT molecular complexity index is 705. The number of hydrogen-bond acceptors (Lipinski definition) is 3. The van der Waals surface area contributed by atoms with Gasteiger partial charge in [0.2, 0.25) is 6.79 Å². The molecule has 108 valence electrons. The van der Waals surface area contributed by atoms with Crippen LogP contribution in [0.4, 0.5) is 4.39 Å². The molecule has 0 saturated carbocycles. The van der Waals surface area contributed by atoms with E-state index in [-0.39, 0.29) is 12.7 Å². The van der Waals surface area contributed by atoms with Crippen molar-refractivity contribution in [3.8, 4) is 11.5 Å². The van der Waals surface area contributed by atoms with Gasteiger partial charge in [0.25, 0.3) is 5.91 Å². The Balaban J connectivity index is 1.73. The monoisotopic (exact) mass is 351 g/mol. The Hall–Kier alpha value is -2.08. The summed E-state index contributed by atoms with van der Waals surface area (Å²) in [5.41, 5.74) is 1.21. The topological polar surface area (TPSA) is 47.6 Å². The van der Waals surface area contributed by atoms with Crippen LogP contribution in [0.3, 0.4) is 0 Å². The number of fused-ring (bicyclic) bond motifs is 1. The molecule has 1 N–H and O–H groups in total. The van der Waals surface area contributed by atoms with Gasteiger partial charge < -0.3 is 14.8 Å². The van der Waals surface area contributed by atoms with E-state index in [1.165, 1.54) is 18.2 Å². The number of halogens is 2. The summed E-state index contributed by atoms with van der Waals surface area (Å²) in [4.78, 5) is 12.1. The van der Waals surface area contributed by atoms with Gasteiger partial charge in [-0.15, -0.1) is 0 Å². The zero-order valence-electron chi connectivity index (χ0n) is 10.9. The van der Waals surface area contributed by atoms with Crippen molar-refractivity contribution in [1.29, 1.82) is 0 Å². The van der Waals surface area contributed by atoms with E-state index in [9.17, 15) is 9.18 Å². The quantitative estimate of drug-likeness (QED) is 0.923. The van der Waals surface area contributed by atoms with Crippen LogP contribution in [0.25, 0.3) is 0 Å². The number of benzene rings is 2. The van der Waals surface area contributed by atoms with Crippen molar-refractivity contribution in [2.75, 3.05) is 6.79 Å². The average Bonchev–Trinajstić information content (AvgIpc) is 2.93. The minimum absolute atomic E-state index is 0.184. The van der Waals surface area contributed by atoms with E-state index in [0.717, 1.165) is 5.56 Å². The summed E-state index contributed by atoms with van der Waals surface area (Å²) >= 11 is 3.18. The lowest BCUT2D eigenvalue weighted by Crippen LogP contribution is -2.23. The summed E-state index contributed by atoms with van der Waals surface area (Å²) in [5.74, 6) is 0.629. The normalized spacial score (nSPS) is 12.3. The second-order valence-corrected chi connectivity index (χ2v) is 5.31. The zero-order valence-corrected chi connectivity index (χ0v) is 12.4. The highest BCUT2D eigenvalue weighted by atomic mass is 79.9. The third-order valence-electron chi connectivity index (χ3n) is 3.09. The van der Waals surface area contributed by atoms with Crippen molar-refractivity contribution in [1.82, 2.24) is 5.32 Å². The van der Waals surface area contributed by atoms with Crippen LogP contribution < -0.4 is 14.8 Å². The predicted molar refractivity (Wildman–Crippen MR) is 77.8 cm³/mol. The van der Waals surface area contributed by atoms with Crippen LogP contribution in [0.1, 0.15) is 15.9 Å². The lowest BCUT2D eigenvalue weighted by molar-refractivity contribution is 0.0950. The molecule has 2 aromatic carbocycles. The lowest BCUT2D eigenvalue weighted by atomic mass is 10.1. The number of carbonyl (C=O) groups is 1. The molecular weight excluding hydrogens is 341 g/mol. The van der Waals surface area contributed by atoms with E-state index < -0.39 is 5.82 Å². The summed E-state index contributed by atoms with van der Waals surface area (Å²) in [6, 6.07) is 9.44. The molecular formula is C15H11BrFNO3. The van der Waals surface area contributed by atoms with Crippen LogP contribution in [-0.4, -0.2) is 12.7 Å². The molecule has 0 atom stereocenters. The molecule has 0 radical (unpaired) electrons. The van der Waals surface area contributed by atoms with Crippen molar-refractivity contribution in [3.63, 3.8) is 0 Å². The largest absolute Gasteiger partial charge is 0.454 e. The van der Waals surface area contributed by atoms with E-state index >= 15 is 0 Å². The Labute approximate surface area is 129 Å². The van der Waals surface area contributed by atoms with Gasteiger partial charge in [-0.1, -0.05) is 12.1 Å². The van der Waals surface area contributed by atoms with E-state index in [0.29, 0.717) is 28.1 Å². The van der Waals surface area contributed by atoms with E-state index in [1.807, 2.05) is 18.2 Å². The molecule has 1 heterocycles. The first-order valence-electron chi connectivity index (χ1n) is 6.26. The fourth-order valence-electron chi connectivity index (χ4n) is 2.07. The molecule has 1 aliphatic rings. The minimum Gasteiger partial charge on any atom is -0.454 e. The molecule has 0 fully saturated rings. The van der Waals surface area contributed by atoms with Crippen LogP contribution >= 0.6 is 15.9 Å². The lowest BCUT2D eigenvalue weighted by Gasteiger charge is -2.09. The van der Waals surface area contributed by atoms with Gasteiger partial charge in [0.05, 0.1) is 5.56 Å². The maximum absolute atomic E-state index is 13.0. The van der Waals surface area contributed by atoms with Gasteiger partial charge >= 0.3 is 0 Å². The average molecular weight is 352 g/mol. The van der Waals surface area contributed by atoms with Gasteiger partial charge in [-0.3, -0.25) is 4.79 Å². The Morgan fingerprint density at radius 3 is 2.95 bits per heavy atom. The summed E-state index contributed by atoms with van der Waals surface area (Å²) in [5, 5.41) is 2.78. The summed E-state index contributed by atoms with van der Waals surface area (Å²) in [7, 11) is 0. The smallest absolute Gasteiger partial charge is 0.252 e. The zero-order chi connectivity index (χ0) is 14.8. The van der Waals surface area contributed by atoms with Crippen molar-refractivity contribution in [3.05, 3.63) is 57.8 Å². The first-order valence-corrected chi connectivity index (χ1v) is 7.05. The SMILES string of the molecule is O=C(NCc1cccc2c1OCO2)c1ccc(F)cc1Br. The molecule has 0 saturated heterocycles.